The van der Waals surface area contributed by atoms with Crippen molar-refractivity contribution in [2.45, 2.75) is 31.2 Å². The first-order valence-corrected chi connectivity index (χ1v) is 4.26. The molecule has 58 valence electrons. The van der Waals surface area contributed by atoms with Gasteiger partial charge in [-0.2, -0.15) is 0 Å². The van der Waals surface area contributed by atoms with E-state index in [4.69, 9.17) is 21.1 Å². The van der Waals surface area contributed by atoms with Gasteiger partial charge >= 0.3 is 0 Å². The molecular weight excluding hydrogens is 152 g/mol. The van der Waals surface area contributed by atoms with Crippen molar-refractivity contribution in [2.24, 2.45) is 0 Å². The fourth-order valence-corrected chi connectivity index (χ4v) is 1.57. The maximum atomic E-state index is 5.61. The summed E-state index contributed by atoms with van der Waals surface area (Å²) in [6.45, 7) is 0.684. The molecule has 1 spiro atoms. The molecule has 1 unspecified atom stereocenters. The van der Waals surface area contributed by atoms with Gasteiger partial charge in [0.05, 0.1) is 18.6 Å². The summed E-state index contributed by atoms with van der Waals surface area (Å²) in [5.41, 5.74) is 0. The molecule has 2 aliphatic rings. The minimum absolute atomic E-state index is 0.141. The van der Waals surface area contributed by atoms with Gasteiger partial charge in [-0.1, -0.05) is 0 Å². The van der Waals surface area contributed by atoms with Crippen LogP contribution in [0.4, 0.5) is 0 Å². The Balaban J connectivity index is 1.92. The van der Waals surface area contributed by atoms with Gasteiger partial charge in [0, 0.05) is 12.8 Å². The Morgan fingerprint density at radius 2 is 2.30 bits per heavy atom. The Bertz CT molecular complexity index is 134. The van der Waals surface area contributed by atoms with Gasteiger partial charge in [0.25, 0.3) is 0 Å². The second-order valence-corrected chi connectivity index (χ2v) is 3.28. The number of rotatable bonds is 1. The fraction of sp³-hybridized carbons (Fsp3) is 1.00. The second-order valence-electron chi connectivity index (χ2n) is 2.97. The molecule has 2 fully saturated rings. The third kappa shape index (κ3) is 0.949. The normalized spacial score (nSPS) is 36.3. The summed E-state index contributed by atoms with van der Waals surface area (Å²) < 4.78 is 11.1. The molecule has 0 aromatic rings. The average Bonchev–Trinajstić information content (AvgIpc) is 2.29. The molecule has 1 aliphatic carbocycles. The van der Waals surface area contributed by atoms with Gasteiger partial charge in [0.15, 0.2) is 5.79 Å². The largest absolute Gasteiger partial charge is 0.347 e. The van der Waals surface area contributed by atoms with E-state index in [0.29, 0.717) is 12.5 Å². The van der Waals surface area contributed by atoms with Crippen LogP contribution < -0.4 is 0 Å². The quantitative estimate of drug-likeness (QED) is 0.545. The van der Waals surface area contributed by atoms with Gasteiger partial charge < -0.3 is 9.47 Å². The van der Waals surface area contributed by atoms with Crippen LogP contribution in [0.5, 0.6) is 0 Å². The van der Waals surface area contributed by atoms with Crippen molar-refractivity contribution in [1.29, 1.82) is 0 Å². The number of hydrogen-bond acceptors (Lipinski definition) is 2. The van der Waals surface area contributed by atoms with E-state index in [2.05, 4.69) is 0 Å². The van der Waals surface area contributed by atoms with E-state index in [1.807, 2.05) is 0 Å². The third-order valence-corrected chi connectivity index (χ3v) is 2.55. The molecule has 0 aromatic carbocycles. The summed E-state index contributed by atoms with van der Waals surface area (Å²) in [5.74, 6) is 0.362. The molecule has 2 nitrogen and oxygen atoms in total. The average molecular weight is 163 g/mol. The highest BCUT2D eigenvalue weighted by Gasteiger charge is 2.45. The zero-order valence-corrected chi connectivity index (χ0v) is 6.56. The van der Waals surface area contributed by atoms with Gasteiger partial charge in [-0.3, -0.25) is 0 Å². The highest BCUT2D eigenvalue weighted by molar-refractivity contribution is 6.18. The van der Waals surface area contributed by atoms with Crippen LogP contribution in [-0.2, 0) is 9.47 Å². The monoisotopic (exact) mass is 162 g/mol. The molecule has 2 rings (SSSR count). The van der Waals surface area contributed by atoms with Gasteiger partial charge in [-0.25, -0.2) is 0 Å². The standard InChI is InChI=1S/C7H11ClO2/c8-4-6-5-9-7(10-6)2-1-3-7/h6H,1-5H2. The smallest absolute Gasteiger partial charge is 0.168 e. The summed E-state index contributed by atoms with van der Waals surface area (Å²) in [4.78, 5) is 0. The van der Waals surface area contributed by atoms with Crippen LogP contribution in [0.1, 0.15) is 19.3 Å². The van der Waals surface area contributed by atoms with E-state index >= 15 is 0 Å². The topological polar surface area (TPSA) is 18.5 Å². The van der Waals surface area contributed by atoms with Crippen LogP contribution in [0.25, 0.3) is 0 Å². The van der Waals surface area contributed by atoms with Crippen molar-refractivity contribution in [1.82, 2.24) is 0 Å². The first kappa shape index (κ1) is 6.89. The third-order valence-electron chi connectivity index (χ3n) is 2.20. The molecule has 1 heterocycles. The Morgan fingerprint density at radius 3 is 2.60 bits per heavy atom. The maximum Gasteiger partial charge on any atom is 0.168 e. The molecule has 0 N–H and O–H groups in total. The summed E-state index contributed by atoms with van der Waals surface area (Å²) in [6, 6.07) is 0. The van der Waals surface area contributed by atoms with Gasteiger partial charge in [-0.15, -0.1) is 11.6 Å². The van der Waals surface area contributed by atoms with Gasteiger partial charge in [-0.05, 0) is 6.42 Å². The number of alkyl halides is 1. The van der Waals surface area contributed by atoms with E-state index < -0.39 is 0 Å². The zero-order chi connectivity index (χ0) is 7.03. The lowest BCUT2D eigenvalue weighted by Crippen LogP contribution is -2.38. The Labute approximate surface area is 65.4 Å². The lowest BCUT2D eigenvalue weighted by atomic mass is 9.91. The lowest BCUT2D eigenvalue weighted by molar-refractivity contribution is -0.213. The summed E-state index contributed by atoms with van der Waals surface area (Å²) in [6.07, 6.45) is 3.48. The highest BCUT2D eigenvalue weighted by atomic mass is 35.5. The highest BCUT2D eigenvalue weighted by Crippen LogP contribution is 2.41. The van der Waals surface area contributed by atoms with E-state index in [-0.39, 0.29) is 11.9 Å². The Hall–Kier alpha value is 0.210. The zero-order valence-electron chi connectivity index (χ0n) is 5.81. The van der Waals surface area contributed by atoms with E-state index in [1.54, 1.807) is 0 Å². The van der Waals surface area contributed by atoms with Crippen molar-refractivity contribution in [3.05, 3.63) is 0 Å². The number of hydrogen-bond donors (Lipinski definition) is 0. The van der Waals surface area contributed by atoms with Crippen molar-refractivity contribution in [3.8, 4) is 0 Å². The Morgan fingerprint density at radius 1 is 1.50 bits per heavy atom. The van der Waals surface area contributed by atoms with E-state index in [0.717, 1.165) is 12.8 Å². The number of halogens is 1. The summed E-state index contributed by atoms with van der Waals surface area (Å²) in [5, 5.41) is 0. The maximum absolute atomic E-state index is 5.61. The molecular formula is C7H11ClO2. The molecule has 0 bridgehead atoms. The van der Waals surface area contributed by atoms with Crippen molar-refractivity contribution < 1.29 is 9.47 Å². The van der Waals surface area contributed by atoms with Crippen molar-refractivity contribution in [3.63, 3.8) is 0 Å². The minimum Gasteiger partial charge on any atom is -0.347 e. The molecule has 10 heavy (non-hydrogen) atoms. The molecule has 1 atom stereocenters. The lowest BCUT2D eigenvalue weighted by Gasteiger charge is -2.35. The number of ether oxygens (including phenoxy) is 2. The first-order chi connectivity index (χ1) is 4.85. The molecule has 3 heteroatoms. The van der Waals surface area contributed by atoms with Crippen LogP contribution in [0, 0.1) is 0 Å². The molecule has 1 aliphatic heterocycles. The molecule has 1 saturated carbocycles. The predicted molar refractivity (Wildman–Crippen MR) is 38.1 cm³/mol. The summed E-state index contributed by atoms with van der Waals surface area (Å²) in [7, 11) is 0. The first-order valence-electron chi connectivity index (χ1n) is 3.72. The molecule has 0 radical (unpaired) electrons. The fourth-order valence-electron chi connectivity index (χ4n) is 1.42. The van der Waals surface area contributed by atoms with Crippen LogP contribution in [0.3, 0.4) is 0 Å². The molecule has 0 amide bonds. The van der Waals surface area contributed by atoms with Gasteiger partial charge in [0.2, 0.25) is 0 Å². The SMILES string of the molecule is ClCC1COC2(CCC2)O1. The predicted octanol–water partition coefficient (Wildman–Crippen LogP) is 1.52. The van der Waals surface area contributed by atoms with Crippen LogP contribution >= 0.6 is 11.6 Å². The van der Waals surface area contributed by atoms with Crippen molar-refractivity contribution in [2.75, 3.05) is 12.5 Å². The Kier molecular flexibility index (Phi) is 1.63. The van der Waals surface area contributed by atoms with E-state index in [9.17, 15) is 0 Å². The minimum atomic E-state index is -0.195. The van der Waals surface area contributed by atoms with E-state index in [1.165, 1.54) is 6.42 Å². The molecule has 1 saturated heterocycles. The van der Waals surface area contributed by atoms with Crippen LogP contribution in [0.2, 0.25) is 0 Å². The van der Waals surface area contributed by atoms with Crippen LogP contribution in [-0.4, -0.2) is 24.4 Å². The second kappa shape index (κ2) is 2.36. The summed E-state index contributed by atoms with van der Waals surface area (Å²) >= 11 is 5.61. The van der Waals surface area contributed by atoms with Crippen LogP contribution in [0.15, 0.2) is 0 Å². The molecule has 0 aromatic heterocycles. The van der Waals surface area contributed by atoms with Crippen molar-refractivity contribution >= 4 is 11.6 Å². The van der Waals surface area contributed by atoms with Gasteiger partial charge in [0.1, 0.15) is 0 Å².